The minimum atomic E-state index is 0.491. The summed E-state index contributed by atoms with van der Waals surface area (Å²) in [4.78, 5) is 16.8. The maximum atomic E-state index is 9.49. The molecule has 2 aliphatic rings. The lowest BCUT2D eigenvalue weighted by Gasteiger charge is -2.51. The number of hydrogen-bond donors (Lipinski definition) is 0. The van der Waals surface area contributed by atoms with E-state index in [2.05, 4.69) is 77.9 Å². The zero-order chi connectivity index (χ0) is 22.1. The number of fused-ring (bicyclic) bond motifs is 2. The zero-order valence-corrected chi connectivity index (χ0v) is 19.9. The van der Waals surface area contributed by atoms with Crippen LogP contribution in [0.25, 0.3) is 10.9 Å². The molecule has 4 heterocycles. The normalized spacial score (nSPS) is 22.0. The molecule has 0 bridgehead atoms. The zero-order valence-electron chi connectivity index (χ0n) is 18.3. The van der Waals surface area contributed by atoms with Crippen LogP contribution in [0.3, 0.4) is 0 Å². The molecule has 32 heavy (non-hydrogen) atoms. The Balaban J connectivity index is 1.32. The fraction of sp³-hybridized carbons (Fsp3) is 0.400. The molecule has 2 saturated heterocycles. The number of halogens is 1. The average Bonchev–Trinajstić information content (AvgIpc) is 2.82. The summed E-state index contributed by atoms with van der Waals surface area (Å²) in [5.74, 6) is 0. The summed E-state index contributed by atoms with van der Waals surface area (Å²) in [5, 5.41) is 10.6. The van der Waals surface area contributed by atoms with Gasteiger partial charge in [0.2, 0.25) is 0 Å². The molecule has 0 radical (unpaired) electrons. The van der Waals surface area contributed by atoms with Gasteiger partial charge in [-0.25, -0.2) is 4.98 Å². The molecular weight excluding hydrogens is 464 g/mol. The van der Waals surface area contributed by atoms with Crippen molar-refractivity contribution in [1.29, 1.82) is 5.26 Å². The second-order valence-electron chi connectivity index (χ2n) is 8.79. The molecule has 0 N–H and O–H groups in total. The van der Waals surface area contributed by atoms with Crippen LogP contribution in [-0.2, 0) is 6.42 Å². The van der Waals surface area contributed by atoms with Crippen molar-refractivity contribution in [2.75, 3.05) is 44.2 Å². The fourth-order valence-electron chi connectivity index (χ4n) is 5.21. The van der Waals surface area contributed by atoms with Gasteiger partial charge in [-0.3, -0.25) is 9.88 Å². The SMILES string of the molecule is CC1CN(c2ccc(C#N)c3ncccc23)CC2CN(CCc3cccc(Br)n3)CCN12. The van der Waals surface area contributed by atoms with Crippen LogP contribution in [0.2, 0.25) is 0 Å². The van der Waals surface area contributed by atoms with Crippen LogP contribution in [0.15, 0.2) is 53.3 Å². The number of piperazine rings is 2. The highest BCUT2D eigenvalue weighted by molar-refractivity contribution is 9.10. The molecule has 2 atom stereocenters. The Bertz CT molecular complexity index is 1160. The monoisotopic (exact) mass is 490 g/mol. The quantitative estimate of drug-likeness (QED) is 0.519. The number of nitrogens with zero attached hydrogens (tertiary/aromatic N) is 6. The summed E-state index contributed by atoms with van der Waals surface area (Å²) >= 11 is 3.48. The van der Waals surface area contributed by atoms with E-state index < -0.39 is 0 Å². The highest BCUT2D eigenvalue weighted by Gasteiger charge is 2.36. The van der Waals surface area contributed by atoms with Crippen LogP contribution in [0.1, 0.15) is 18.2 Å². The smallest absolute Gasteiger partial charge is 0.106 e. The molecule has 5 rings (SSSR count). The molecule has 2 fully saturated rings. The first-order valence-corrected chi connectivity index (χ1v) is 12.0. The second-order valence-corrected chi connectivity index (χ2v) is 9.60. The standard InChI is InChI=1S/C25H27BrN6/c1-18-15-31(23-8-7-19(14-27)25-22(23)5-3-10-28-25)17-21-16-30(12-13-32(18)21)11-9-20-4-2-6-24(26)29-20/h2-8,10,18,21H,9,11-13,15-17H2,1H3. The van der Waals surface area contributed by atoms with Crippen molar-refractivity contribution in [2.45, 2.75) is 25.4 Å². The van der Waals surface area contributed by atoms with Crippen molar-refractivity contribution in [3.8, 4) is 6.07 Å². The molecule has 0 aliphatic carbocycles. The van der Waals surface area contributed by atoms with E-state index >= 15 is 0 Å². The van der Waals surface area contributed by atoms with Gasteiger partial charge in [0.1, 0.15) is 10.7 Å². The van der Waals surface area contributed by atoms with Gasteiger partial charge in [0.15, 0.2) is 0 Å². The van der Waals surface area contributed by atoms with Gasteiger partial charge < -0.3 is 9.80 Å². The Morgan fingerprint density at radius 3 is 2.84 bits per heavy atom. The Morgan fingerprint density at radius 1 is 1.09 bits per heavy atom. The molecule has 164 valence electrons. The Hall–Kier alpha value is -2.53. The third kappa shape index (κ3) is 4.23. The van der Waals surface area contributed by atoms with Crippen molar-refractivity contribution in [1.82, 2.24) is 19.8 Å². The van der Waals surface area contributed by atoms with E-state index in [-0.39, 0.29) is 0 Å². The molecule has 0 amide bonds. The van der Waals surface area contributed by atoms with Gasteiger partial charge in [0.25, 0.3) is 0 Å². The van der Waals surface area contributed by atoms with Crippen molar-refractivity contribution >= 4 is 32.5 Å². The number of pyridine rings is 2. The number of benzene rings is 1. The van der Waals surface area contributed by atoms with E-state index in [0.29, 0.717) is 17.6 Å². The van der Waals surface area contributed by atoms with E-state index in [1.165, 1.54) is 5.69 Å². The van der Waals surface area contributed by atoms with E-state index in [1.54, 1.807) is 6.20 Å². The Labute approximate surface area is 197 Å². The van der Waals surface area contributed by atoms with Crippen LogP contribution in [0, 0.1) is 11.3 Å². The third-order valence-electron chi connectivity index (χ3n) is 6.76. The van der Waals surface area contributed by atoms with Gasteiger partial charge in [-0.2, -0.15) is 5.26 Å². The molecule has 7 heteroatoms. The molecular formula is C25H27BrN6. The summed E-state index contributed by atoms with van der Waals surface area (Å²) in [5.41, 5.74) is 3.77. The molecule has 2 aromatic heterocycles. The van der Waals surface area contributed by atoms with Gasteiger partial charge in [0.05, 0.1) is 11.1 Å². The van der Waals surface area contributed by atoms with Crippen LogP contribution >= 0.6 is 15.9 Å². The topological polar surface area (TPSA) is 59.3 Å². The van der Waals surface area contributed by atoms with Crippen LogP contribution < -0.4 is 4.90 Å². The van der Waals surface area contributed by atoms with Crippen LogP contribution in [0.4, 0.5) is 5.69 Å². The molecule has 6 nitrogen and oxygen atoms in total. The van der Waals surface area contributed by atoms with E-state index in [1.807, 2.05) is 18.2 Å². The van der Waals surface area contributed by atoms with Gasteiger partial charge in [-0.15, -0.1) is 0 Å². The molecule has 2 aliphatic heterocycles. The Morgan fingerprint density at radius 2 is 2.00 bits per heavy atom. The van der Waals surface area contributed by atoms with E-state index in [0.717, 1.165) is 66.9 Å². The van der Waals surface area contributed by atoms with Gasteiger partial charge in [-0.1, -0.05) is 6.07 Å². The first kappa shape index (κ1) is 21.3. The number of aromatic nitrogens is 2. The van der Waals surface area contributed by atoms with Crippen molar-refractivity contribution < 1.29 is 0 Å². The van der Waals surface area contributed by atoms with E-state index in [4.69, 9.17) is 0 Å². The van der Waals surface area contributed by atoms with Crippen molar-refractivity contribution in [2.24, 2.45) is 0 Å². The maximum absolute atomic E-state index is 9.49. The van der Waals surface area contributed by atoms with Crippen molar-refractivity contribution in [3.05, 3.63) is 64.5 Å². The first-order chi connectivity index (χ1) is 15.6. The van der Waals surface area contributed by atoms with Gasteiger partial charge >= 0.3 is 0 Å². The molecule has 2 unspecified atom stereocenters. The summed E-state index contributed by atoms with van der Waals surface area (Å²) in [7, 11) is 0. The maximum Gasteiger partial charge on any atom is 0.106 e. The minimum Gasteiger partial charge on any atom is -0.368 e. The average molecular weight is 491 g/mol. The molecule has 0 spiro atoms. The number of rotatable bonds is 4. The molecule has 0 saturated carbocycles. The highest BCUT2D eigenvalue weighted by atomic mass is 79.9. The summed E-state index contributed by atoms with van der Waals surface area (Å²) in [6.45, 7) is 8.65. The van der Waals surface area contributed by atoms with E-state index in [9.17, 15) is 5.26 Å². The fourth-order valence-corrected chi connectivity index (χ4v) is 5.60. The number of hydrogen-bond acceptors (Lipinski definition) is 6. The molecule has 3 aromatic rings. The first-order valence-electron chi connectivity index (χ1n) is 11.2. The van der Waals surface area contributed by atoms with Crippen LogP contribution in [-0.4, -0.2) is 71.1 Å². The van der Waals surface area contributed by atoms with Crippen molar-refractivity contribution in [3.63, 3.8) is 0 Å². The summed E-state index contributed by atoms with van der Waals surface area (Å²) in [6.07, 6.45) is 2.74. The predicted octanol–water partition coefficient (Wildman–Crippen LogP) is 3.70. The van der Waals surface area contributed by atoms with Gasteiger partial charge in [-0.05, 0) is 59.3 Å². The largest absolute Gasteiger partial charge is 0.368 e. The lowest BCUT2D eigenvalue weighted by molar-refractivity contribution is 0.0355. The minimum absolute atomic E-state index is 0.491. The number of anilines is 1. The highest BCUT2D eigenvalue weighted by Crippen LogP contribution is 2.31. The van der Waals surface area contributed by atoms with Crippen LogP contribution in [0.5, 0.6) is 0 Å². The Kier molecular flexibility index (Phi) is 6.09. The lowest BCUT2D eigenvalue weighted by Crippen LogP contribution is -2.65. The van der Waals surface area contributed by atoms with Gasteiger partial charge in [0, 0.05) is 80.7 Å². The third-order valence-corrected chi connectivity index (χ3v) is 7.20. The number of nitriles is 1. The summed E-state index contributed by atoms with van der Waals surface area (Å²) < 4.78 is 0.903. The lowest BCUT2D eigenvalue weighted by atomic mass is 10.0. The summed E-state index contributed by atoms with van der Waals surface area (Å²) in [6, 6.07) is 17.5. The predicted molar refractivity (Wildman–Crippen MR) is 131 cm³/mol. The second kappa shape index (κ2) is 9.14. The molecule has 1 aromatic carbocycles.